The molecule has 1 atom stereocenters. The number of allylic oxidation sites excluding steroid dienone is 1. The van der Waals surface area contributed by atoms with Crippen molar-refractivity contribution in [1.82, 2.24) is 14.8 Å². The molecule has 1 amide bonds. The number of hydrogen-bond acceptors (Lipinski definition) is 6. The van der Waals surface area contributed by atoms with E-state index >= 15 is 0 Å². The molecule has 0 saturated carbocycles. The third-order valence-corrected chi connectivity index (χ3v) is 8.07. The zero-order valence-corrected chi connectivity index (χ0v) is 25.4. The molecule has 7 nitrogen and oxygen atoms in total. The van der Waals surface area contributed by atoms with Crippen molar-refractivity contribution in [3.63, 3.8) is 0 Å². The SMILES string of the molecule is CC1=C(C(=O)Nc2ccc(C)cc2C)C(c2ccc(OCCC(C)C)cc2)n2nc(SCc3ccccc3F)nc2N1. The number of amides is 1. The smallest absolute Gasteiger partial charge is 0.255 e. The number of aromatic nitrogens is 3. The lowest BCUT2D eigenvalue weighted by Gasteiger charge is -2.29. The predicted molar refractivity (Wildman–Crippen MR) is 166 cm³/mol. The number of ether oxygens (including phenoxy) is 1. The van der Waals surface area contributed by atoms with Gasteiger partial charge >= 0.3 is 0 Å². The first-order chi connectivity index (χ1) is 20.2. The highest BCUT2D eigenvalue weighted by Crippen LogP contribution is 2.38. The maximum atomic E-state index is 14.2. The number of rotatable bonds is 10. The molecular weight excluding hydrogens is 549 g/mol. The van der Waals surface area contributed by atoms with Crippen LogP contribution in [0.15, 0.2) is 83.2 Å². The Hall–Kier alpha value is -4.11. The number of anilines is 2. The molecule has 2 heterocycles. The quantitative estimate of drug-likeness (QED) is 0.186. The third kappa shape index (κ3) is 6.68. The number of aryl methyl sites for hydroxylation is 2. The number of fused-ring (bicyclic) bond motifs is 1. The molecule has 4 aromatic rings. The van der Waals surface area contributed by atoms with Crippen LogP contribution in [0.3, 0.4) is 0 Å². The highest BCUT2D eigenvalue weighted by molar-refractivity contribution is 7.98. The average Bonchev–Trinajstić information content (AvgIpc) is 3.36. The van der Waals surface area contributed by atoms with Crippen LogP contribution in [-0.2, 0) is 10.5 Å². The van der Waals surface area contributed by atoms with E-state index < -0.39 is 6.04 Å². The van der Waals surface area contributed by atoms with Gasteiger partial charge in [0.2, 0.25) is 11.1 Å². The molecule has 42 heavy (non-hydrogen) atoms. The number of carbonyl (C=O) groups is 1. The van der Waals surface area contributed by atoms with Crippen LogP contribution in [0, 0.1) is 25.6 Å². The summed E-state index contributed by atoms with van der Waals surface area (Å²) in [5.41, 5.74) is 5.53. The van der Waals surface area contributed by atoms with E-state index in [4.69, 9.17) is 9.84 Å². The predicted octanol–water partition coefficient (Wildman–Crippen LogP) is 7.68. The summed E-state index contributed by atoms with van der Waals surface area (Å²) in [5, 5.41) is 11.7. The zero-order valence-electron chi connectivity index (χ0n) is 24.6. The van der Waals surface area contributed by atoms with E-state index in [2.05, 4.69) is 29.5 Å². The Kier molecular flexibility index (Phi) is 8.97. The van der Waals surface area contributed by atoms with Gasteiger partial charge in [0.15, 0.2) is 0 Å². The standard InChI is InChI=1S/C33H36FN5O2S/c1-20(2)16-17-41-26-13-11-24(12-14-26)30-29(31(40)36-28-15-10-21(3)18-22(28)4)23(5)35-32-37-33(38-39(30)32)42-19-25-8-6-7-9-27(25)34/h6-15,18,20,30H,16-17,19H2,1-5H3,(H,36,40)(H,35,37,38). The third-order valence-electron chi connectivity index (χ3n) is 7.18. The van der Waals surface area contributed by atoms with Gasteiger partial charge in [0, 0.05) is 17.1 Å². The summed E-state index contributed by atoms with van der Waals surface area (Å²) in [5.74, 6) is 1.75. The minimum Gasteiger partial charge on any atom is -0.494 e. The first kappa shape index (κ1) is 29.4. The molecule has 0 spiro atoms. The fourth-order valence-electron chi connectivity index (χ4n) is 4.85. The van der Waals surface area contributed by atoms with E-state index in [1.807, 2.05) is 69.3 Å². The van der Waals surface area contributed by atoms with Gasteiger partial charge in [-0.25, -0.2) is 9.07 Å². The molecule has 1 aliphatic heterocycles. The number of benzene rings is 3. The summed E-state index contributed by atoms with van der Waals surface area (Å²) in [4.78, 5) is 18.6. The Morgan fingerprint density at radius 3 is 2.57 bits per heavy atom. The molecule has 0 saturated heterocycles. The Morgan fingerprint density at radius 2 is 1.86 bits per heavy atom. The lowest BCUT2D eigenvalue weighted by atomic mass is 9.94. The molecule has 0 fully saturated rings. The highest BCUT2D eigenvalue weighted by Gasteiger charge is 2.34. The topological polar surface area (TPSA) is 81.1 Å². The fourth-order valence-corrected chi connectivity index (χ4v) is 5.67. The van der Waals surface area contributed by atoms with Crippen LogP contribution >= 0.6 is 11.8 Å². The van der Waals surface area contributed by atoms with Crippen molar-refractivity contribution in [2.24, 2.45) is 5.92 Å². The Balaban J connectivity index is 1.46. The van der Waals surface area contributed by atoms with Crippen molar-refractivity contribution in [2.45, 2.75) is 58.0 Å². The van der Waals surface area contributed by atoms with E-state index in [-0.39, 0.29) is 11.7 Å². The van der Waals surface area contributed by atoms with Crippen molar-refractivity contribution in [2.75, 3.05) is 17.2 Å². The highest BCUT2D eigenvalue weighted by atomic mass is 32.2. The van der Waals surface area contributed by atoms with Gasteiger partial charge in [0.05, 0.1) is 12.2 Å². The molecule has 9 heteroatoms. The van der Waals surface area contributed by atoms with E-state index in [1.54, 1.807) is 16.8 Å². The van der Waals surface area contributed by atoms with Crippen molar-refractivity contribution in [3.05, 3.63) is 106 Å². The Morgan fingerprint density at radius 1 is 1.10 bits per heavy atom. The molecule has 1 unspecified atom stereocenters. The number of hydrogen-bond donors (Lipinski definition) is 2. The fraction of sp³-hybridized carbons (Fsp3) is 0.303. The van der Waals surface area contributed by atoms with E-state index in [0.29, 0.717) is 46.2 Å². The second-order valence-electron chi connectivity index (χ2n) is 11.0. The van der Waals surface area contributed by atoms with Gasteiger partial charge in [0.25, 0.3) is 5.91 Å². The lowest BCUT2D eigenvalue weighted by molar-refractivity contribution is -0.113. The Bertz CT molecular complexity index is 1610. The van der Waals surface area contributed by atoms with Gasteiger partial charge in [-0.05, 0) is 74.1 Å². The second kappa shape index (κ2) is 12.8. The van der Waals surface area contributed by atoms with Gasteiger partial charge in [-0.2, -0.15) is 4.98 Å². The van der Waals surface area contributed by atoms with Crippen LogP contribution in [0.5, 0.6) is 5.75 Å². The number of nitrogens with one attached hydrogen (secondary N) is 2. The molecule has 1 aromatic heterocycles. The van der Waals surface area contributed by atoms with Crippen LogP contribution in [0.4, 0.5) is 16.0 Å². The second-order valence-corrected chi connectivity index (χ2v) is 11.9. The molecule has 3 aromatic carbocycles. The van der Waals surface area contributed by atoms with Crippen LogP contribution in [0.25, 0.3) is 0 Å². The molecule has 218 valence electrons. The Labute approximate surface area is 250 Å². The average molecular weight is 586 g/mol. The molecule has 0 aliphatic carbocycles. The lowest BCUT2D eigenvalue weighted by Crippen LogP contribution is -2.31. The summed E-state index contributed by atoms with van der Waals surface area (Å²) in [6, 6.07) is 19.9. The molecule has 0 bridgehead atoms. The van der Waals surface area contributed by atoms with E-state index in [1.165, 1.54) is 17.8 Å². The van der Waals surface area contributed by atoms with Gasteiger partial charge < -0.3 is 15.4 Å². The molecule has 2 N–H and O–H groups in total. The largest absolute Gasteiger partial charge is 0.494 e. The normalized spacial score (nSPS) is 14.5. The van der Waals surface area contributed by atoms with Gasteiger partial charge in [0.1, 0.15) is 17.6 Å². The van der Waals surface area contributed by atoms with Crippen LogP contribution in [0.2, 0.25) is 0 Å². The van der Waals surface area contributed by atoms with Crippen molar-refractivity contribution in [1.29, 1.82) is 0 Å². The minimum atomic E-state index is -0.535. The van der Waals surface area contributed by atoms with Gasteiger partial charge in [-0.15, -0.1) is 5.10 Å². The maximum absolute atomic E-state index is 14.2. The van der Waals surface area contributed by atoms with Gasteiger partial charge in [-0.1, -0.05) is 73.6 Å². The number of halogens is 1. The van der Waals surface area contributed by atoms with E-state index in [9.17, 15) is 9.18 Å². The van der Waals surface area contributed by atoms with Crippen molar-refractivity contribution in [3.8, 4) is 5.75 Å². The minimum absolute atomic E-state index is 0.226. The molecular formula is C33H36FN5O2S. The molecule has 5 rings (SSSR count). The summed E-state index contributed by atoms with van der Waals surface area (Å²) in [6.45, 7) is 10.9. The first-order valence-electron chi connectivity index (χ1n) is 14.1. The molecule has 0 radical (unpaired) electrons. The summed E-state index contributed by atoms with van der Waals surface area (Å²) in [7, 11) is 0. The van der Waals surface area contributed by atoms with Crippen LogP contribution < -0.4 is 15.4 Å². The van der Waals surface area contributed by atoms with Crippen LogP contribution in [0.1, 0.15) is 55.5 Å². The van der Waals surface area contributed by atoms with E-state index in [0.717, 1.165) is 34.5 Å². The monoisotopic (exact) mass is 585 g/mol. The summed E-state index contributed by atoms with van der Waals surface area (Å²) < 4.78 is 21.9. The summed E-state index contributed by atoms with van der Waals surface area (Å²) >= 11 is 1.35. The number of nitrogens with zero attached hydrogens (tertiary/aromatic N) is 3. The first-order valence-corrected chi connectivity index (χ1v) is 15.1. The van der Waals surface area contributed by atoms with Crippen molar-refractivity contribution < 1.29 is 13.9 Å². The maximum Gasteiger partial charge on any atom is 0.255 e. The van der Waals surface area contributed by atoms with Crippen LogP contribution in [-0.4, -0.2) is 27.3 Å². The van der Waals surface area contributed by atoms with Crippen molar-refractivity contribution >= 4 is 29.3 Å². The molecule has 1 aliphatic rings. The summed E-state index contributed by atoms with van der Waals surface area (Å²) in [6.07, 6.45) is 0.969. The van der Waals surface area contributed by atoms with Gasteiger partial charge in [-0.3, -0.25) is 4.79 Å². The number of thioether (sulfide) groups is 1. The number of carbonyl (C=O) groups excluding carboxylic acids is 1. The zero-order chi connectivity index (χ0) is 29.8.